The van der Waals surface area contributed by atoms with E-state index in [1.807, 2.05) is 6.33 Å². The average molecular weight is 406 g/mol. The zero-order valence-electron chi connectivity index (χ0n) is 18.3. The predicted molar refractivity (Wildman–Crippen MR) is 116 cm³/mol. The van der Waals surface area contributed by atoms with E-state index < -0.39 is 0 Å². The number of aliphatic imine (C=N–C) groups is 1. The maximum atomic E-state index is 5.61. The second-order valence-corrected chi connectivity index (χ2v) is 8.20. The van der Waals surface area contributed by atoms with Crippen molar-refractivity contribution in [1.82, 2.24) is 30.3 Å². The van der Waals surface area contributed by atoms with Gasteiger partial charge < -0.3 is 19.9 Å². The number of ether oxygens (including phenoxy) is 1. The highest BCUT2D eigenvalue weighted by molar-refractivity contribution is 5.79. The number of morpholine rings is 1. The number of aromatic nitrogens is 3. The molecule has 0 radical (unpaired) electrons. The molecule has 1 saturated carbocycles. The molecule has 0 atom stereocenters. The summed E-state index contributed by atoms with van der Waals surface area (Å²) in [7, 11) is 0. The SMILES string of the molecule is CCCNC(=NCC1(N2CCOCC2)CCCCC1)NCCn1cnnc1CC. The Balaban J connectivity index is 1.62. The molecule has 2 aliphatic rings. The molecule has 2 N–H and O–H groups in total. The van der Waals surface area contributed by atoms with Crippen LogP contribution in [0.3, 0.4) is 0 Å². The normalized spacial score (nSPS) is 20.6. The van der Waals surface area contributed by atoms with Crippen LogP contribution in [0, 0.1) is 0 Å². The number of nitrogens with zero attached hydrogens (tertiary/aromatic N) is 5. The van der Waals surface area contributed by atoms with E-state index in [1.165, 1.54) is 32.1 Å². The average Bonchev–Trinajstić information content (AvgIpc) is 3.24. The van der Waals surface area contributed by atoms with Gasteiger partial charge in [-0.25, -0.2) is 0 Å². The van der Waals surface area contributed by atoms with Crippen molar-refractivity contribution in [2.24, 2.45) is 4.99 Å². The predicted octanol–water partition coefficient (Wildman–Crippen LogP) is 1.82. The maximum Gasteiger partial charge on any atom is 0.191 e. The Labute approximate surface area is 175 Å². The summed E-state index contributed by atoms with van der Waals surface area (Å²) in [6, 6.07) is 0. The van der Waals surface area contributed by atoms with E-state index in [-0.39, 0.29) is 5.54 Å². The summed E-state index contributed by atoms with van der Waals surface area (Å²) in [6.45, 7) is 11.5. The largest absolute Gasteiger partial charge is 0.379 e. The zero-order valence-corrected chi connectivity index (χ0v) is 18.3. The van der Waals surface area contributed by atoms with Gasteiger partial charge in [0, 0.05) is 44.7 Å². The first-order valence-corrected chi connectivity index (χ1v) is 11.5. The fourth-order valence-electron chi connectivity index (χ4n) is 4.50. The lowest BCUT2D eigenvalue weighted by molar-refractivity contribution is -0.0333. The van der Waals surface area contributed by atoms with Crippen LogP contribution in [0.2, 0.25) is 0 Å². The summed E-state index contributed by atoms with van der Waals surface area (Å²) in [5, 5.41) is 15.2. The van der Waals surface area contributed by atoms with Crippen LogP contribution in [-0.4, -0.2) is 77.1 Å². The Morgan fingerprint density at radius 1 is 1.14 bits per heavy atom. The van der Waals surface area contributed by atoms with Crippen molar-refractivity contribution < 1.29 is 4.74 Å². The molecule has 1 aliphatic carbocycles. The molecule has 29 heavy (non-hydrogen) atoms. The van der Waals surface area contributed by atoms with Crippen LogP contribution in [-0.2, 0) is 17.7 Å². The van der Waals surface area contributed by atoms with Gasteiger partial charge in [-0.05, 0) is 19.3 Å². The molecule has 8 heteroatoms. The van der Waals surface area contributed by atoms with E-state index in [9.17, 15) is 0 Å². The molecular weight excluding hydrogens is 366 g/mol. The molecular formula is C21H39N7O. The highest BCUT2D eigenvalue weighted by atomic mass is 16.5. The summed E-state index contributed by atoms with van der Waals surface area (Å²) in [5.74, 6) is 1.96. The second kappa shape index (κ2) is 11.5. The van der Waals surface area contributed by atoms with Crippen molar-refractivity contribution in [3.05, 3.63) is 12.2 Å². The summed E-state index contributed by atoms with van der Waals surface area (Å²) < 4.78 is 7.72. The molecule has 3 rings (SSSR count). The molecule has 1 aromatic heterocycles. The van der Waals surface area contributed by atoms with E-state index in [2.05, 4.69) is 44.1 Å². The topological polar surface area (TPSA) is 79.6 Å². The summed E-state index contributed by atoms with van der Waals surface area (Å²) in [5.41, 5.74) is 0.201. The van der Waals surface area contributed by atoms with Crippen molar-refractivity contribution >= 4 is 5.96 Å². The van der Waals surface area contributed by atoms with E-state index >= 15 is 0 Å². The number of hydrogen-bond donors (Lipinski definition) is 2. The first kappa shape index (κ1) is 22.0. The van der Waals surface area contributed by atoms with Crippen LogP contribution < -0.4 is 10.6 Å². The van der Waals surface area contributed by atoms with Crippen LogP contribution >= 0.6 is 0 Å². The minimum Gasteiger partial charge on any atom is -0.379 e. The fraction of sp³-hybridized carbons (Fsp3) is 0.857. The molecule has 2 fully saturated rings. The summed E-state index contributed by atoms with van der Waals surface area (Å²) >= 11 is 0. The van der Waals surface area contributed by atoms with Crippen LogP contribution in [0.15, 0.2) is 11.3 Å². The van der Waals surface area contributed by atoms with Crippen LogP contribution in [0.5, 0.6) is 0 Å². The molecule has 0 bridgehead atoms. The Morgan fingerprint density at radius 2 is 1.90 bits per heavy atom. The molecule has 1 aromatic rings. The molecule has 1 aliphatic heterocycles. The van der Waals surface area contributed by atoms with Gasteiger partial charge in [0.05, 0.1) is 19.8 Å². The maximum absolute atomic E-state index is 5.61. The van der Waals surface area contributed by atoms with Gasteiger partial charge in [-0.15, -0.1) is 10.2 Å². The lowest BCUT2D eigenvalue weighted by Gasteiger charge is -2.47. The minimum absolute atomic E-state index is 0.201. The van der Waals surface area contributed by atoms with Crippen molar-refractivity contribution in [2.45, 2.75) is 70.9 Å². The number of nitrogens with one attached hydrogen (secondary N) is 2. The van der Waals surface area contributed by atoms with Crippen LogP contribution in [0.4, 0.5) is 0 Å². The number of aryl methyl sites for hydroxylation is 1. The Bertz CT molecular complexity index is 618. The number of hydrogen-bond acceptors (Lipinski definition) is 5. The molecule has 0 aromatic carbocycles. The molecule has 1 saturated heterocycles. The van der Waals surface area contributed by atoms with Crippen molar-refractivity contribution in [3.8, 4) is 0 Å². The van der Waals surface area contributed by atoms with E-state index in [0.717, 1.165) is 77.1 Å². The first-order chi connectivity index (χ1) is 14.3. The number of guanidine groups is 1. The monoisotopic (exact) mass is 405 g/mol. The second-order valence-electron chi connectivity index (χ2n) is 8.20. The molecule has 8 nitrogen and oxygen atoms in total. The van der Waals surface area contributed by atoms with Gasteiger partial charge in [-0.3, -0.25) is 9.89 Å². The highest BCUT2D eigenvalue weighted by Gasteiger charge is 2.38. The van der Waals surface area contributed by atoms with Gasteiger partial charge in [0.15, 0.2) is 5.96 Å². The van der Waals surface area contributed by atoms with E-state index in [4.69, 9.17) is 9.73 Å². The Morgan fingerprint density at radius 3 is 2.62 bits per heavy atom. The smallest absolute Gasteiger partial charge is 0.191 e. The van der Waals surface area contributed by atoms with Gasteiger partial charge in [-0.1, -0.05) is 33.1 Å². The van der Waals surface area contributed by atoms with Gasteiger partial charge >= 0.3 is 0 Å². The lowest BCUT2D eigenvalue weighted by atomic mass is 9.80. The third kappa shape index (κ3) is 6.15. The van der Waals surface area contributed by atoms with Crippen molar-refractivity contribution in [3.63, 3.8) is 0 Å². The molecule has 0 unspecified atom stereocenters. The van der Waals surface area contributed by atoms with Crippen LogP contribution in [0.25, 0.3) is 0 Å². The third-order valence-electron chi connectivity index (χ3n) is 6.20. The van der Waals surface area contributed by atoms with Gasteiger partial charge in [0.1, 0.15) is 12.2 Å². The molecule has 2 heterocycles. The molecule has 0 spiro atoms. The van der Waals surface area contributed by atoms with Crippen molar-refractivity contribution in [2.75, 3.05) is 45.9 Å². The van der Waals surface area contributed by atoms with E-state index in [1.54, 1.807) is 0 Å². The first-order valence-electron chi connectivity index (χ1n) is 11.5. The number of rotatable bonds is 9. The van der Waals surface area contributed by atoms with Crippen molar-refractivity contribution in [1.29, 1.82) is 0 Å². The van der Waals surface area contributed by atoms with Gasteiger partial charge in [0.2, 0.25) is 0 Å². The zero-order chi connectivity index (χ0) is 20.4. The summed E-state index contributed by atoms with van der Waals surface area (Å²) in [4.78, 5) is 7.72. The highest BCUT2D eigenvalue weighted by Crippen LogP contribution is 2.34. The van der Waals surface area contributed by atoms with E-state index in [0.29, 0.717) is 0 Å². The third-order valence-corrected chi connectivity index (χ3v) is 6.20. The Kier molecular flexibility index (Phi) is 8.73. The van der Waals surface area contributed by atoms with Crippen LogP contribution in [0.1, 0.15) is 58.2 Å². The van der Waals surface area contributed by atoms with Gasteiger partial charge in [-0.2, -0.15) is 0 Å². The molecule has 164 valence electrons. The lowest BCUT2D eigenvalue weighted by Crippen LogP contribution is -2.56. The standard InChI is InChI=1S/C21H39N7O/c1-3-10-22-20(23-11-12-27-18-25-26-19(27)4-2)24-17-21(8-6-5-7-9-21)28-13-15-29-16-14-28/h18H,3-17H2,1-2H3,(H2,22,23,24). The minimum atomic E-state index is 0.201. The Hall–Kier alpha value is -1.67. The summed E-state index contributed by atoms with van der Waals surface area (Å²) in [6.07, 6.45) is 10.3. The fourth-order valence-corrected chi connectivity index (χ4v) is 4.50. The van der Waals surface area contributed by atoms with Gasteiger partial charge in [0.25, 0.3) is 0 Å². The quantitative estimate of drug-likeness (QED) is 0.482. The molecule has 0 amide bonds.